The number of nitrogens with one attached hydrogen (secondary N) is 1. The van der Waals surface area contributed by atoms with Crippen molar-refractivity contribution in [2.75, 3.05) is 6.61 Å². The number of ether oxygens (including phenoxy) is 2. The Morgan fingerprint density at radius 3 is 1.85 bits per heavy atom. The molecule has 0 saturated carbocycles. The highest BCUT2D eigenvalue weighted by molar-refractivity contribution is 5.69. The second kappa shape index (κ2) is 13.0. The van der Waals surface area contributed by atoms with Gasteiger partial charge in [0.05, 0.1) is 6.04 Å². The Hall–Kier alpha value is -3.02. The van der Waals surface area contributed by atoms with Gasteiger partial charge < -0.3 is 14.8 Å². The Morgan fingerprint density at radius 1 is 0.912 bits per heavy atom. The molecule has 0 heterocycles. The molecular weight excluding hydrogens is 428 g/mol. The summed E-state index contributed by atoms with van der Waals surface area (Å²) in [5.74, 6) is 0. The van der Waals surface area contributed by atoms with Crippen LogP contribution in [0.4, 0.5) is 9.59 Å². The first-order valence-corrected chi connectivity index (χ1v) is 12.1. The van der Waals surface area contributed by atoms with E-state index >= 15 is 0 Å². The first kappa shape index (κ1) is 27.2. The van der Waals surface area contributed by atoms with Gasteiger partial charge in [0.2, 0.25) is 0 Å². The van der Waals surface area contributed by atoms with Crippen LogP contribution in [0.2, 0.25) is 0 Å². The predicted molar refractivity (Wildman–Crippen MR) is 136 cm³/mol. The molecule has 2 amide bonds. The van der Waals surface area contributed by atoms with Crippen LogP contribution in [0.5, 0.6) is 0 Å². The fraction of sp³-hybridized carbons (Fsp3) is 0.500. The van der Waals surface area contributed by atoms with Crippen molar-refractivity contribution in [3.8, 4) is 0 Å². The molecular formula is C28H40N2O4. The average Bonchev–Trinajstić information content (AvgIpc) is 2.76. The van der Waals surface area contributed by atoms with Gasteiger partial charge in [-0.3, -0.25) is 4.90 Å². The van der Waals surface area contributed by atoms with Crippen LogP contribution in [0.25, 0.3) is 0 Å². The van der Waals surface area contributed by atoms with E-state index in [0.29, 0.717) is 19.5 Å². The van der Waals surface area contributed by atoms with Gasteiger partial charge >= 0.3 is 12.2 Å². The Kier molecular flexibility index (Phi) is 10.4. The Balaban J connectivity index is 2.08. The smallest absolute Gasteiger partial charge is 0.410 e. The van der Waals surface area contributed by atoms with Crippen LogP contribution in [0, 0.1) is 13.8 Å². The molecule has 0 radical (unpaired) electrons. The molecule has 1 atom stereocenters. The van der Waals surface area contributed by atoms with Crippen molar-refractivity contribution in [1.29, 1.82) is 0 Å². The maximum atomic E-state index is 13.1. The average molecular weight is 469 g/mol. The Bertz CT molecular complexity index is 854. The van der Waals surface area contributed by atoms with E-state index in [9.17, 15) is 9.59 Å². The number of rotatable bonds is 10. The third-order valence-electron chi connectivity index (χ3n) is 5.28. The van der Waals surface area contributed by atoms with Crippen molar-refractivity contribution < 1.29 is 19.1 Å². The van der Waals surface area contributed by atoms with Crippen LogP contribution in [0.1, 0.15) is 69.2 Å². The van der Waals surface area contributed by atoms with E-state index < -0.39 is 17.8 Å². The molecule has 1 N–H and O–H groups in total. The van der Waals surface area contributed by atoms with Crippen LogP contribution in [-0.2, 0) is 22.6 Å². The monoisotopic (exact) mass is 468 g/mol. The highest BCUT2D eigenvalue weighted by Gasteiger charge is 2.22. The van der Waals surface area contributed by atoms with Gasteiger partial charge in [0.15, 0.2) is 0 Å². The maximum absolute atomic E-state index is 13.1. The van der Waals surface area contributed by atoms with Crippen LogP contribution in [0.15, 0.2) is 48.5 Å². The van der Waals surface area contributed by atoms with Crippen LogP contribution >= 0.6 is 0 Å². The first-order valence-electron chi connectivity index (χ1n) is 12.1. The number of carbonyl (C=O) groups is 2. The van der Waals surface area contributed by atoms with Gasteiger partial charge in [0, 0.05) is 13.1 Å². The summed E-state index contributed by atoms with van der Waals surface area (Å²) in [6.07, 6.45) is 1.69. The van der Waals surface area contributed by atoms with Crippen LogP contribution < -0.4 is 5.32 Å². The predicted octanol–water partition coefficient (Wildman–Crippen LogP) is 6.53. The maximum Gasteiger partial charge on any atom is 0.410 e. The summed E-state index contributed by atoms with van der Waals surface area (Å²) < 4.78 is 11.1. The third kappa shape index (κ3) is 10.3. The molecule has 2 aromatic carbocycles. The van der Waals surface area contributed by atoms with Gasteiger partial charge in [0.25, 0.3) is 0 Å². The van der Waals surface area contributed by atoms with Crippen molar-refractivity contribution in [2.45, 2.75) is 85.5 Å². The van der Waals surface area contributed by atoms with Gasteiger partial charge in [-0.2, -0.15) is 0 Å². The summed E-state index contributed by atoms with van der Waals surface area (Å²) in [5.41, 5.74) is 3.81. The minimum Gasteiger partial charge on any atom is -0.447 e. The van der Waals surface area contributed by atoms with Crippen molar-refractivity contribution in [3.05, 3.63) is 70.8 Å². The quantitative estimate of drug-likeness (QED) is 0.431. The van der Waals surface area contributed by atoms with E-state index in [1.807, 2.05) is 83.1 Å². The van der Waals surface area contributed by atoms with Crippen molar-refractivity contribution >= 4 is 12.2 Å². The molecule has 6 heteroatoms. The summed E-state index contributed by atoms with van der Waals surface area (Å²) in [4.78, 5) is 27.1. The summed E-state index contributed by atoms with van der Waals surface area (Å²) in [7, 11) is 0. The molecule has 0 aliphatic carbocycles. The van der Waals surface area contributed by atoms with E-state index in [1.54, 1.807) is 4.90 Å². The molecule has 2 aromatic rings. The van der Waals surface area contributed by atoms with Gasteiger partial charge in [-0.1, -0.05) is 79.4 Å². The molecule has 186 valence electrons. The Morgan fingerprint density at radius 2 is 1.41 bits per heavy atom. The van der Waals surface area contributed by atoms with Gasteiger partial charge in [-0.05, 0) is 52.2 Å². The highest BCUT2D eigenvalue weighted by atomic mass is 16.6. The standard InChI is InChI=1S/C28H40N2O4/c1-7-8-9-25(29-26(31)34-28(4,5)6)20-33-27(32)30(18-23-14-10-21(2)11-15-23)19-24-16-12-22(3)13-17-24/h10-17,25H,7-9,18-20H2,1-6H3,(H,29,31). The number of hydrogen-bond donors (Lipinski definition) is 1. The lowest BCUT2D eigenvalue weighted by molar-refractivity contribution is 0.0442. The van der Waals surface area contributed by atoms with Crippen LogP contribution in [-0.4, -0.2) is 35.3 Å². The van der Waals surface area contributed by atoms with Gasteiger partial charge in [-0.25, -0.2) is 9.59 Å². The summed E-state index contributed by atoms with van der Waals surface area (Å²) >= 11 is 0. The van der Waals surface area contributed by atoms with Gasteiger partial charge in [0.1, 0.15) is 12.2 Å². The van der Waals surface area contributed by atoms with E-state index in [1.165, 1.54) is 11.1 Å². The van der Waals surface area contributed by atoms with Gasteiger partial charge in [-0.15, -0.1) is 0 Å². The zero-order chi connectivity index (χ0) is 25.1. The fourth-order valence-corrected chi connectivity index (χ4v) is 3.40. The summed E-state index contributed by atoms with van der Waals surface area (Å²) in [6, 6.07) is 16.0. The number of carbonyl (C=O) groups excluding carboxylic acids is 2. The molecule has 0 fully saturated rings. The molecule has 0 saturated heterocycles. The number of aryl methyl sites for hydroxylation is 2. The normalized spacial score (nSPS) is 12.1. The lowest BCUT2D eigenvalue weighted by Gasteiger charge is -2.26. The van der Waals surface area contributed by atoms with E-state index in [2.05, 4.69) is 12.2 Å². The third-order valence-corrected chi connectivity index (χ3v) is 5.28. The number of unbranched alkanes of at least 4 members (excludes halogenated alkanes) is 1. The molecule has 0 bridgehead atoms. The lowest BCUT2D eigenvalue weighted by Crippen LogP contribution is -2.43. The highest BCUT2D eigenvalue weighted by Crippen LogP contribution is 2.14. The summed E-state index contributed by atoms with van der Waals surface area (Å²) in [6.45, 7) is 12.6. The van der Waals surface area contributed by atoms with Crippen molar-refractivity contribution in [3.63, 3.8) is 0 Å². The van der Waals surface area contributed by atoms with Crippen molar-refractivity contribution in [2.24, 2.45) is 0 Å². The largest absolute Gasteiger partial charge is 0.447 e. The summed E-state index contributed by atoms with van der Waals surface area (Å²) in [5, 5.41) is 2.86. The minimum absolute atomic E-state index is 0.0936. The fourth-order valence-electron chi connectivity index (χ4n) is 3.40. The second-order valence-corrected chi connectivity index (χ2v) is 9.89. The van der Waals surface area contributed by atoms with Crippen LogP contribution in [0.3, 0.4) is 0 Å². The molecule has 34 heavy (non-hydrogen) atoms. The van der Waals surface area contributed by atoms with E-state index in [4.69, 9.17) is 9.47 Å². The Labute approximate surface area is 204 Å². The molecule has 0 aliphatic heterocycles. The van der Waals surface area contributed by atoms with E-state index in [0.717, 1.165) is 24.0 Å². The number of amides is 2. The SMILES string of the molecule is CCCCC(COC(=O)N(Cc1ccc(C)cc1)Cc1ccc(C)cc1)NC(=O)OC(C)(C)C. The molecule has 2 rings (SSSR count). The molecule has 6 nitrogen and oxygen atoms in total. The first-order chi connectivity index (χ1) is 16.1. The minimum atomic E-state index is -0.588. The molecule has 1 unspecified atom stereocenters. The zero-order valence-corrected chi connectivity index (χ0v) is 21.5. The van der Waals surface area contributed by atoms with E-state index in [-0.39, 0.29) is 12.6 Å². The number of benzene rings is 2. The topological polar surface area (TPSA) is 67.9 Å². The zero-order valence-electron chi connectivity index (χ0n) is 21.5. The van der Waals surface area contributed by atoms with Crippen molar-refractivity contribution in [1.82, 2.24) is 10.2 Å². The molecule has 0 aromatic heterocycles. The second-order valence-electron chi connectivity index (χ2n) is 9.89. The number of alkyl carbamates (subject to hydrolysis) is 1. The molecule has 0 aliphatic rings. The lowest BCUT2D eigenvalue weighted by atomic mass is 10.1. The number of nitrogens with zero attached hydrogens (tertiary/aromatic N) is 1. The number of hydrogen-bond acceptors (Lipinski definition) is 4. The molecule has 0 spiro atoms.